The third kappa shape index (κ3) is 1.52. The molecule has 0 spiro atoms. The lowest BCUT2D eigenvalue weighted by Crippen LogP contribution is -2.27. The van der Waals surface area contributed by atoms with Gasteiger partial charge in [-0.3, -0.25) is 4.79 Å². The quantitative estimate of drug-likeness (QED) is 0.681. The number of carbonyl (C=O) groups excluding carboxylic acids is 1. The van der Waals surface area contributed by atoms with Crippen molar-refractivity contribution in [2.24, 2.45) is 5.92 Å². The summed E-state index contributed by atoms with van der Waals surface area (Å²) in [5.74, 6) is 0.290. The molecule has 0 aliphatic heterocycles. The monoisotopic (exact) mass is 200 g/mol. The van der Waals surface area contributed by atoms with Crippen LogP contribution in [0.4, 0.5) is 0 Å². The van der Waals surface area contributed by atoms with Crippen LogP contribution in [0.3, 0.4) is 0 Å². The summed E-state index contributed by atoms with van der Waals surface area (Å²) in [6.07, 6.45) is 3.75. The Labute approximate surface area is 90.8 Å². The van der Waals surface area contributed by atoms with Gasteiger partial charge in [-0.2, -0.15) is 0 Å². The van der Waals surface area contributed by atoms with Crippen LogP contribution >= 0.6 is 0 Å². The maximum Gasteiger partial charge on any atom is 0.159 e. The van der Waals surface area contributed by atoms with Gasteiger partial charge in [0.1, 0.15) is 0 Å². The molecule has 0 saturated heterocycles. The Bertz CT molecular complexity index is 413. The van der Waals surface area contributed by atoms with E-state index in [0.717, 1.165) is 0 Å². The van der Waals surface area contributed by atoms with Crippen molar-refractivity contribution in [2.45, 2.75) is 26.2 Å². The average molecular weight is 200 g/mol. The van der Waals surface area contributed by atoms with E-state index in [0.29, 0.717) is 0 Å². The van der Waals surface area contributed by atoms with E-state index in [1.54, 1.807) is 6.08 Å². The van der Waals surface area contributed by atoms with Crippen LogP contribution < -0.4 is 0 Å². The third-order valence-electron chi connectivity index (χ3n) is 3.59. The number of hydrogen-bond donors (Lipinski definition) is 0. The van der Waals surface area contributed by atoms with Crippen molar-refractivity contribution in [1.82, 2.24) is 0 Å². The van der Waals surface area contributed by atoms with Gasteiger partial charge < -0.3 is 0 Å². The van der Waals surface area contributed by atoms with Gasteiger partial charge in [-0.15, -0.1) is 0 Å². The second kappa shape index (κ2) is 3.34. The molecule has 15 heavy (non-hydrogen) atoms. The maximum atomic E-state index is 11.5. The largest absolute Gasteiger partial charge is 0.295 e. The molecule has 0 bridgehead atoms. The zero-order valence-corrected chi connectivity index (χ0v) is 9.45. The minimum Gasteiger partial charge on any atom is -0.295 e. The third-order valence-corrected chi connectivity index (χ3v) is 3.59. The number of carbonyl (C=O) groups is 1. The lowest BCUT2D eigenvalue weighted by Gasteiger charge is -2.27. The fourth-order valence-electron chi connectivity index (χ4n) is 2.10. The molecular weight excluding hydrogens is 184 g/mol. The van der Waals surface area contributed by atoms with Gasteiger partial charge in [-0.25, -0.2) is 0 Å². The molecule has 0 radical (unpaired) electrons. The number of aryl methyl sites for hydroxylation is 1. The zero-order valence-electron chi connectivity index (χ0n) is 9.45. The molecule has 1 aliphatic rings. The summed E-state index contributed by atoms with van der Waals surface area (Å²) in [4.78, 5) is 11.5. The predicted molar refractivity (Wildman–Crippen MR) is 61.8 cm³/mol. The van der Waals surface area contributed by atoms with Gasteiger partial charge in [0.05, 0.1) is 0 Å². The van der Waals surface area contributed by atoms with Crippen LogP contribution in [0.5, 0.6) is 0 Å². The molecule has 0 amide bonds. The number of benzene rings is 1. The first-order valence-corrected chi connectivity index (χ1v) is 5.34. The highest BCUT2D eigenvalue weighted by Gasteiger charge is 2.38. The molecule has 0 saturated carbocycles. The van der Waals surface area contributed by atoms with E-state index >= 15 is 0 Å². The van der Waals surface area contributed by atoms with Crippen LogP contribution in [0.15, 0.2) is 36.4 Å². The molecule has 0 heterocycles. The highest BCUT2D eigenvalue weighted by molar-refractivity contribution is 5.96. The molecule has 1 heteroatoms. The van der Waals surface area contributed by atoms with Crippen LogP contribution in [0, 0.1) is 12.8 Å². The van der Waals surface area contributed by atoms with Gasteiger partial charge in [0, 0.05) is 11.3 Å². The van der Waals surface area contributed by atoms with Crippen LogP contribution in [0.2, 0.25) is 0 Å². The second-order valence-corrected chi connectivity index (χ2v) is 4.61. The Kier molecular flexibility index (Phi) is 2.26. The molecular formula is C14H16O. The van der Waals surface area contributed by atoms with Gasteiger partial charge in [0.25, 0.3) is 0 Å². The predicted octanol–water partition coefficient (Wildman–Crippen LogP) is 3.03. The van der Waals surface area contributed by atoms with E-state index in [1.165, 1.54) is 11.1 Å². The fraction of sp³-hybridized carbons (Fsp3) is 0.357. The van der Waals surface area contributed by atoms with Gasteiger partial charge in [-0.1, -0.05) is 49.8 Å². The Morgan fingerprint density at radius 1 is 1.20 bits per heavy atom. The van der Waals surface area contributed by atoms with E-state index in [2.05, 4.69) is 38.1 Å². The highest BCUT2D eigenvalue weighted by atomic mass is 16.1. The van der Waals surface area contributed by atoms with Crippen molar-refractivity contribution in [3.8, 4) is 0 Å². The van der Waals surface area contributed by atoms with Gasteiger partial charge >= 0.3 is 0 Å². The summed E-state index contributed by atoms with van der Waals surface area (Å²) >= 11 is 0. The Morgan fingerprint density at radius 2 is 1.80 bits per heavy atom. The van der Waals surface area contributed by atoms with Crippen molar-refractivity contribution in [3.63, 3.8) is 0 Å². The van der Waals surface area contributed by atoms with E-state index in [-0.39, 0.29) is 17.1 Å². The number of rotatable bonds is 1. The molecule has 1 aromatic rings. The maximum absolute atomic E-state index is 11.5. The zero-order chi connectivity index (χ0) is 11.1. The van der Waals surface area contributed by atoms with Crippen LogP contribution in [0.25, 0.3) is 0 Å². The molecule has 1 aliphatic carbocycles. The smallest absolute Gasteiger partial charge is 0.159 e. The minimum atomic E-state index is -0.120. The van der Waals surface area contributed by atoms with Crippen molar-refractivity contribution in [3.05, 3.63) is 47.5 Å². The number of ketones is 1. The molecule has 2 atom stereocenters. The number of hydrogen-bond acceptors (Lipinski definition) is 1. The molecule has 2 rings (SSSR count). The van der Waals surface area contributed by atoms with E-state index in [4.69, 9.17) is 0 Å². The van der Waals surface area contributed by atoms with Crippen LogP contribution in [0.1, 0.15) is 25.0 Å². The topological polar surface area (TPSA) is 17.1 Å². The molecule has 1 nitrogen and oxygen atoms in total. The average Bonchev–Trinajstić information content (AvgIpc) is 2.48. The minimum absolute atomic E-state index is 0.0557. The summed E-state index contributed by atoms with van der Waals surface area (Å²) in [7, 11) is 0. The van der Waals surface area contributed by atoms with Crippen molar-refractivity contribution in [2.75, 3.05) is 0 Å². The fourth-order valence-corrected chi connectivity index (χ4v) is 2.10. The van der Waals surface area contributed by atoms with Gasteiger partial charge in [0.2, 0.25) is 0 Å². The molecule has 0 fully saturated rings. The molecule has 0 N–H and O–H groups in total. The first-order chi connectivity index (χ1) is 7.04. The van der Waals surface area contributed by atoms with Crippen LogP contribution in [-0.2, 0) is 10.2 Å². The van der Waals surface area contributed by atoms with E-state index < -0.39 is 0 Å². The van der Waals surface area contributed by atoms with E-state index in [9.17, 15) is 4.79 Å². The lowest BCUT2D eigenvalue weighted by molar-refractivity contribution is -0.118. The van der Waals surface area contributed by atoms with Crippen molar-refractivity contribution < 1.29 is 4.79 Å². The van der Waals surface area contributed by atoms with Gasteiger partial charge in [0.15, 0.2) is 5.78 Å². The van der Waals surface area contributed by atoms with E-state index in [1.807, 2.05) is 13.0 Å². The normalized spacial score (nSPS) is 29.8. The molecule has 78 valence electrons. The standard InChI is InChI=1S/C14H16O/c1-10-4-6-12(7-5-10)14(3)9-8-13(15)11(14)2/h4-9,11H,1-3H3/t11-,14-/m1/s1. The summed E-state index contributed by atoms with van der Waals surface area (Å²) in [6, 6.07) is 8.44. The molecule has 0 aromatic heterocycles. The molecule has 1 aromatic carbocycles. The first kappa shape index (κ1) is 10.2. The summed E-state index contributed by atoms with van der Waals surface area (Å²) in [5.41, 5.74) is 2.36. The Balaban J connectivity index is 2.42. The van der Waals surface area contributed by atoms with Gasteiger partial charge in [-0.05, 0) is 18.6 Å². The first-order valence-electron chi connectivity index (χ1n) is 5.34. The van der Waals surface area contributed by atoms with Crippen molar-refractivity contribution in [1.29, 1.82) is 0 Å². The Hall–Kier alpha value is -1.37. The second-order valence-electron chi connectivity index (χ2n) is 4.61. The van der Waals surface area contributed by atoms with Crippen molar-refractivity contribution >= 4 is 5.78 Å². The highest BCUT2D eigenvalue weighted by Crippen LogP contribution is 2.38. The lowest BCUT2D eigenvalue weighted by atomic mass is 9.75. The summed E-state index contributed by atoms with van der Waals surface area (Å²) < 4.78 is 0. The summed E-state index contributed by atoms with van der Waals surface area (Å²) in [5, 5.41) is 0. The Morgan fingerprint density at radius 3 is 2.27 bits per heavy atom. The SMILES string of the molecule is Cc1ccc([C@]2(C)C=CC(=O)[C@H]2C)cc1. The number of allylic oxidation sites excluding steroid dienone is 2. The molecule has 0 unspecified atom stereocenters. The van der Waals surface area contributed by atoms with Crippen LogP contribution in [-0.4, -0.2) is 5.78 Å². The summed E-state index contributed by atoms with van der Waals surface area (Å²) in [6.45, 7) is 6.21.